The van der Waals surface area contributed by atoms with E-state index in [1.807, 2.05) is 18.2 Å². The Hall–Kier alpha value is -1.22. The topological polar surface area (TPSA) is 45.0 Å². The van der Waals surface area contributed by atoms with Crippen molar-refractivity contribution in [2.75, 3.05) is 12.4 Å². The fraction of sp³-hybridized carbons (Fsp3) is 0.154. The highest BCUT2D eigenvalue weighted by molar-refractivity contribution is 9.10. The summed E-state index contributed by atoms with van der Waals surface area (Å²) in [5.41, 5.74) is 0.814. The molecule has 0 aliphatic heterocycles. The van der Waals surface area contributed by atoms with Crippen LogP contribution < -0.4 is 10.1 Å². The lowest BCUT2D eigenvalue weighted by Gasteiger charge is -2.12. The van der Waals surface area contributed by atoms with Crippen LogP contribution in [0.15, 0.2) is 28.7 Å². The molecule has 0 saturated heterocycles. The number of rotatable bonds is 4. The Morgan fingerprint density at radius 1 is 1.47 bits per heavy atom. The van der Waals surface area contributed by atoms with E-state index in [0.29, 0.717) is 22.2 Å². The molecule has 0 unspecified atom stereocenters. The van der Waals surface area contributed by atoms with Gasteiger partial charge in [0.15, 0.2) is 5.75 Å². The van der Waals surface area contributed by atoms with Crippen molar-refractivity contribution in [1.82, 2.24) is 0 Å². The molecule has 1 N–H and O–H groups in total. The molecule has 1 heterocycles. The second kappa shape index (κ2) is 6.29. The van der Waals surface area contributed by atoms with Crippen LogP contribution >= 0.6 is 38.9 Å². The van der Waals surface area contributed by atoms with Gasteiger partial charge in [-0.3, -0.25) is 0 Å². The van der Waals surface area contributed by atoms with Gasteiger partial charge in [0.05, 0.1) is 17.3 Å². The minimum absolute atomic E-state index is 0.621. The first-order chi connectivity index (χ1) is 9.13. The molecule has 0 atom stereocenters. The van der Waals surface area contributed by atoms with Crippen molar-refractivity contribution in [2.24, 2.45) is 0 Å². The van der Waals surface area contributed by atoms with Crippen LogP contribution in [0, 0.1) is 11.3 Å². The maximum Gasteiger partial charge on any atom is 0.156 e. The van der Waals surface area contributed by atoms with Crippen LogP contribution in [0.25, 0.3) is 0 Å². The van der Waals surface area contributed by atoms with E-state index < -0.39 is 0 Å². The van der Waals surface area contributed by atoms with Crippen molar-refractivity contribution < 1.29 is 4.74 Å². The Bertz CT molecular complexity index is 636. The van der Waals surface area contributed by atoms with E-state index in [9.17, 15) is 0 Å². The molecule has 0 aliphatic carbocycles. The zero-order valence-corrected chi connectivity index (χ0v) is 13.2. The molecule has 1 aromatic carbocycles. The molecule has 0 radical (unpaired) electrons. The number of nitriles is 1. The van der Waals surface area contributed by atoms with Crippen LogP contribution in [0.4, 0.5) is 5.69 Å². The summed E-state index contributed by atoms with van der Waals surface area (Å²) in [5, 5.41) is 12.7. The van der Waals surface area contributed by atoms with Crippen molar-refractivity contribution in [3.8, 4) is 11.8 Å². The van der Waals surface area contributed by atoms with E-state index in [4.69, 9.17) is 21.6 Å². The highest BCUT2D eigenvalue weighted by Gasteiger charge is 2.09. The molecule has 0 spiro atoms. The average molecular weight is 358 g/mol. The lowest BCUT2D eigenvalue weighted by molar-refractivity contribution is 0.414. The molecular formula is C13H10BrClN2OS. The molecule has 1 aromatic heterocycles. The summed E-state index contributed by atoms with van der Waals surface area (Å²) >= 11 is 10.9. The summed E-state index contributed by atoms with van der Waals surface area (Å²) in [5.74, 6) is 0.710. The lowest BCUT2D eigenvalue weighted by atomic mass is 10.3. The maximum atomic E-state index is 8.79. The Labute approximate surface area is 128 Å². The molecule has 6 heteroatoms. The number of ether oxygens (including phenoxy) is 1. The number of benzene rings is 1. The number of nitrogens with one attached hydrogen (secondary N) is 1. The van der Waals surface area contributed by atoms with E-state index >= 15 is 0 Å². The van der Waals surface area contributed by atoms with Crippen LogP contribution in [0.1, 0.15) is 9.75 Å². The van der Waals surface area contributed by atoms with Gasteiger partial charge in [0.25, 0.3) is 0 Å². The first-order valence-electron chi connectivity index (χ1n) is 5.39. The first kappa shape index (κ1) is 14.2. The number of methoxy groups -OCH3 is 1. The van der Waals surface area contributed by atoms with Gasteiger partial charge in [-0.05, 0) is 40.2 Å². The average Bonchev–Trinajstić information content (AvgIpc) is 2.83. The Morgan fingerprint density at radius 3 is 2.89 bits per heavy atom. The summed E-state index contributed by atoms with van der Waals surface area (Å²) in [6.45, 7) is 0.621. The molecular weight excluding hydrogens is 348 g/mol. The third kappa shape index (κ3) is 3.41. The normalized spacial score (nSPS) is 10.0. The standard InChI is InChI=1S/C13H10BrClN2OS/c1-18-13-11(14)4-8(15)5-12(13)17-7-10-3-2-9(6-16)19-10/h2-5,17H,7H2,1H3. The van der Waals surface area contributed by atoms with Crippen molar-refractivity contribution in [3.63, 3.8) is 0 Å². The number of nitrogens with zero attached hydrogens (tertiary/aromatic N) is 1. The van der Waals surface area contributed by atoms with Crippen molar-refractivity contribution in [3.05, 3.63) is 43.5 Å². The lowest BCUT2D eigenvalue weighted by Crippen LogP contribution is -2.00. The van der Waals surface area contributed by atoms with Crippen LogP contribution in [0.5, 0.6) is 5.75 Å². The Balaban J connectivity index is 2.17. The first-order valence-corrected chi connectivity index (χ1v) is 7.38. The molecule has 0 amide bonds. The van der Waals surface area contributed by atoms with E-state index in [0.717, 1.165) is 15.0 Å². The summed E-state index contributed by atoms with van der Waals surface area (Å²) in [6.07, 6.45) is 0. The minimum Gasteiger partial charge on any atom is -0.493 e. The summed E-state index contributed by atoms with van der Waals surface area (Å²) < 4.78 is 6.13. The Kier molecular flexibility index (Phi) is 4.70. The zero-order valence-electron chi connectivity index (χ0n) is 10.0. The predicted octanol–water partition coefficient (Wildman–Crippen LogP) is 4.66. The molecule has 2 rings (SSSR count). The highest BCUT2D eigenvalue weighted by atomic mass is 79.9. The number of thiophene rings is 1. The Morgan fingerprint density at radius 2 is 2.26 bits per heavy atom. The van der Waals surface area contributed by atoms with Crippen LogP contribution in [-0.4, -0.2) is 7.11 Å². The summed E-state index contributed by atoms with van der Waals surface area (Å²) in [7, 11) is 1.61. The van der Waals surface area contributed by atoms with E-state index in [1.54, 1.807) is 13.2 Å². The molecule has 0 bridgehead atoms. The summed E-state index contributed by atoms with van der Waals surface area (Å²) in [6, 6.07) is 9.46. The van der Waals surface area contributed by atoms with Gasteiger partial charge in [-0.25, -0.2) is 0 Å². The third-order valence-corrected chi connectivity index (χ3v) is 4.23. The van der Waals surface area contributed by atoms with Crippen LogP contribution in [0.3, 0.4) is 0 Å². The zero-order chi connectivity index (χ0) is 13.8. The molecule has 0 aliphatic rings. The third-order valence-electron chi connectivity index (χ3n) is 2.44. The fourth-order valence-corrected chi connectivity index (χ4v) is 3.33. The van der Waals surface area contributed by atoms with Crippen molar-refractivity contribution in [1.29, 1.82) is 5.26 Å². The SMILES string of the molecule is COc1c(Br)cc(Cl)cc1NCc1ccc(C#N)s1. The number of hydrogen-bond donors (Lipinski definition) is 1. The molecule has 98 valence electrons. The van der Waals surface area contributed by atoms with Gasteiger partial charge in [0.2, 0.25) is 0 Å². The van der Waals surface area contributed by atoms with Crippen molar-refractivity contribution >= 4 is 44.6 Å². The second-order valence-corrected chi connectivity index (χ2v) is 6.16. The largest absolute Gasteiger partial charge is 0.493 e. The van der Waals surface area contributed by atoms with E-state index in [1.165, 1.54) is 11.3 Å². The van der Waals surface area contributed by atoms with Crippen molar-refractivity contribution in [2.45, 2.75) is 6.54 Å². The van der Waals surface area contributed by atoms with Gasteiger partial charge >= 0.3 is 0 Å². The van der Waals surface area contributed by atoms with Crippen LogP contribution in [0.2, 0.25) is 5.02 Å². The number of hydrogen-bond acceptors (Lipinski definition) is 4. The predicted molar refractivity (Wildman–Crippen MR) is 82.1 cm³/mol. The van der Waals surface area contributed by atoms with Gasteiger partial charge in [0.1, 0.15) is 10.9 Å². The molecule has 0 fully saturated rings. The van der Waals surface area contributed by atoms with E-state index in [-0.39, 0.29) is 0 Å². The van der Waals surface area contributed by atoms with Gasteiger partial charge in [-0.2, -0.15) is 5.26 Å². The van der Waals surface area contributed by atoms with Gasteiger partial charge in [-0.15, -0.1) is 11.3 Å². The summed E-state index contributed by atoms with van der Waals surface area (Å²) in [4.78, 5) is 1.78. The fourth-order valence-electron chi connectivity index (χ4n) is 1.61. The molecule has 0 saturated carbocycles. The number of halogens is 2. The van der Waals surface area contributed by atoms with E-state index in [2.05, 4.69) is 27.3 Å². The van der Waals surface area contributed by atoms with Crippen LogP contribution in [-0.2, 0) is 6.54 Å². The molecule has 2 aromatic rings. The van der Waals surface area contributed by atoms with Gasteiger partial charge < -0.3 is 10.1 Å². The highest BCUT2D eigenvalue weighted by Crippen LogP contribution is 2.36. The maximum absolute atomic E-state index is 8.79. The second-order valence-electron chi connectivity index (χ2n) is 3.70. The molecule has 3 nitrogen and oxygen atoms in total. The monoisotopic (exact) mass is 356 g/mol. The minimum atomic E-state index is 0.621. The van der Waals surface area contributed by atoms with Gasteiger partial charge in [0, 0.05) is 16.4 Å². The molecule has 19 heavy (non-hydrogen) atoms. The number of anilines is 1. The smallest absolute Gasteiger partial charge is 0.156 e. The quantitative estimate of drug-likeness (QED) is 0.866. The van der Waals surface area contributed by atoms with Gasteiger partial charge in [-0.1, -0.05) is 11.6 Å².